The van der Waals surface area contributed by atoms with Gasteiger partial charge in [0.25, 0.3) is 0 Å². The van der Waals surface area contributed by atoms with E-state index in [1.54, 1.807) is 20.3 Å². The topological polar surface area (TPSA) is 58.9 Å². The summed E-state index contributed by atoms with van der Waals surface area (Å²) in [4.78, 5) is 0. The Morgan fingerprint density at radius 3 is 2.31 bits per heavy atom. The smallest absolute Gasteiger partial charge is 0.125 e. The lowest BCUT2D eigenvalue weighted by atomic mass is 10.00. The first-order valence-electron chi connectivity index (χ1n) is 5.17. The van der Waals surface area contributed by atoms with E-state index in [0.29, 0.717) is 12.2 Å². The molecule has 0 fully saturated rings. The van der Waals surface area contributed by atoms with Gasteiger partial charge in [0.1, 0.15) is 11.5 Å². The van der Waals surface area contributed by atoms with Crippen LogP contribution in [0.5, 0.6) is 11.5 Å². The minimum atomic E-state index is -0.151. The normalized spacial score (nSPS) is 10.6. The van der Waals surface area contributed by atoms with Crippen LogP contribution in [0.4, 0.5) is 0 Å². The average Bonchev–Trinajstić information content (AvgIpc) is 2.35. The summed E-state index contributed by atoms with van der Waals surface area (Å²) in [5, 5.41) is 18.1. The molecule has 1 aromatic rings. The molecule has 0 saturated heterocycles. The number of hydrogen-bond donors (Lipinski definition) is 2. The minimum absolute atomic E-state index is 0.0360. The van der Waals surface area contributed by atoms with E-state index in [9.17, 15) is 0 Å². The van der Waals surface area contributed by atoms with Crippen LogP contribution in [0, 0.1) is 5.92 Å². The molecule has 1 rings (SSSR count). The van der Waals surface area contributed by atoms with Gasteiger partial charge in [-0.2, -0.15) is 0 Å². The highest BCUT2D eigenvalue weighted by Crippen LogP contribution is 2.26. The molecular formula is C12H18O4. The Morgan fingerprint density at radius 2 is 1.81 bits per heavy atom. The fourth-order valence-corrected chi connectivity index (χ4v) is 1.52. The zero-order valence-corrected chi connectivity index (χ0v) is 9.64. The van der Waals surface area contributed by atoms with Gasteiger partial charge in [0.15, 0.2) is 0 Å². The summed E-state index contributed by atoms with van der Waals surface area (Å²) in [6.07, 6.45) is 0.583. The third-order valence-electron chi connectivity index (χ3n) is 2.52. The summed E-state index contributed by atoms with van der Waals surface area (Å²) >= 11 is 0. The quantitative estimate of drug-likeness (QED) is 0.755. The maximum absolute atomic E-state index is 9.03. The van der Waals surface area contributed by atoms with Crippen molar-refractivity contribution in [1.29, 1.82) is 0 Å². The second kappa shape index (κ2) is 6.35. The molecule has 0 amide bonds. The summed E-state index contributed by atoms with van der Waals surface area (Å²) < 4.78 is 10.3. The van der Waals surface area contributed by atoms with E-state index in [2.05, 4.69) is 0 Å². The Balaban J connectivity index is 2.86. The van der Waals surface area contributed by atoms with Crippen molar-refractivity contribution in [2.24, 2.45) is 5.92 Å². The number of hydrogen-bond acceptors (Lipinski definition) is 4. The van der Waals surface area contributed by atoms with Gasteiger partial charge in [-0.25, -0.2) is 0 Å². The third kappa shape index (κ3) is 3.12. The molecule has 0 heterocycles. The van der Waals surface area contributed by atoms with Gasteiger partial charge in [-0.05, 0) is 18.1 Å². The maximum atomic E-state index is 9.03. The summed E-state index contributed by atoms with van der Waals surface area (Å²) in [6.45, 7) is -0.0721. The fraction of sp³-hybridized carbons (Fsp3) is 0.500. The number of aliphatic hydroxyl groups excluding tert-OH is 2. The molecule has 0 atom stereocenters. The second-order valence-corrected chi connectivity index (χ2v) is 3.61. The highest BCUT2D eigenvalue weighted by Gasteiger charge is 2.11. The zero-order valence-electron chi connectivity index (χ0n) is 9.64. The number of methoxy groups -OCH3 is 2. The van der Waals surface area contributed by atoms with Crippen molar-refractivity contribution < 1.29 is 19.7 Å². The summed E-state index contributed by atoms with van der Waals surface area (Å²) in [7, 11) is 3.18. The number of rotatable bonds is 6. The molecule has 0 radical (unpaired) electrons. The molecule has 0 aromatic heterocycles. The molecule has 0 spiro atoms. The fourth-order valence-electron chi connectivity index (χ4n) is 1.52. The lowest BCUT2D eigenvalue weighted by Gasteiger charge is -2.14. The number of aliphatic hydroxyl groups is 2. The Kier molecular flexibility index (Phi) is 5.08. The van der Waals surface area contributed by atoms with Crippen molar-refractivity contribution in [2.45, 2.75) is 6.42 Å². The Hall–Kier alpha value is -1.26. The maximum Gasteiger partial charge on any atom is 0.125 e. The molecule has 1 aromatic carbocycles. The molecule has 2 N–H and O–H groups in total. The molecule has 4 nitrogen and oxygen atoms in total. The average molecular weight is 226 g/mol. The lowest BCUT2D eigenvalue weighted by molar-refractivity contribution is 0.149. The first-order chi connectivity index (χ1) is 7.74. The summed E-state index contributed by atoms with van der Waals surface area (Å²) in [5.74, 6) is 1.29. The van der Waals surface area contributed by atoms with Crippen molar-refractivity contribution in [2.75, 3.05) is 27.4 Å². The van der Waals surface area contributed by atoms with Gasteiger partial charge in [0.2, 0.25) is 0 Å². The molecule has 0 saturated carbocycles. The van der Waals surface area contributed by atoms with Crippen molar-refractivity contribution >= 4 is 0 Å². The van der Waals surface area contributed by atoms with E-state index in [0.717, 1.165) is 11.3 Å². The van der Waals surface area contributed by atoms with Crippen LogP contribution in [-0.2, 0) is 6.42 Å². The lowest BCUT2D eigenvalue weighted by Crippen LogP contribution is -2.14. The Labute approximate surface area is 95.4 Å². The minimum Gasteiger partial charge on any atom is -0.497 e. The van der Waals surface area contributed by atoms with E-state index in [1.807, 2.05) is 12.1 Å². The summed E-state index contributed by atoms with van der Waals surface area (Å²) in [5.41, 5.74) is 0.955. The molecule has 0 aliphatic rings. The predicted octanol–water partition coefficient (Wildman–Crippen LogP) is 0.847. The van der Waals surface area contributed by atoms with Crippen LogP contribution in [0.25, 0.3) is 0 Å². The van der Waals surface area contributed by atoms with Crippen LogP contribution in [0.15, 0.2) is 18.2 Å². The van der Waals surface area contributed by atoms with Gasteiger partial charge in [0.05, 0.1) is 14.2 Å². The molecule has 0 unspecified atom stereocenters. The van der Waals surface area contributed by atoms with Gasteiger partial charge in [0, 0.05) is 25.2 Å². The third-order valence-corrected chi connectivity index (χ3v) is 2.52. The van der Waals surface area contributed by atoms with Crippen molar-refractivity contribution in [3.8, 4) is 11.5 Å². The molecule has 0 aliphatic carbocycles. The highest BCUT2D eigenvalue weighted by molar-refractivity contribution is 5.40. The number of ether oxygens (including phenoxy) is 2. The summed E-state index contributed by atoms with van der Waals surface area (Å²) in [6, 6.07) is 5.51. The standard InChI is InChI=1S/C12H18O4/c1-15-11-4-3-10(12(6-11)16-2)5-9(7-13)8-14/h3-4,6,9,13-14H,5,7-8H2,1-2H3. The first-order valence-corrected chi connectivity index (χ1v) is 5.17. The van der Waals surface area contributed by atoms with E-state index in [-0.39, 0.29) is 19.1 Å². The van der Waals surface area contributed by atoms with Gasteiger partial charge in [-0.3, -0.25) is 0 Å². The SMILES string of the molecule is COc1ccc(CC(CO)CO)c(OC)c1. The first kappa shape index (κ1) is 12.8. The molecule has 0 aliphatic heterocycles. The monoisotopic (exact) mass is 226 g/mol. The second-order valence-electron chi connectivity index (χ2n) is 3.61. The molecule has 4 heteroatoms. The van der Waals surface area contributed by atoms with Crippen LogP contribution in [0.1, 0.15) is 5.56 Å². The largest absolute Gasteiger partial charge is 0.497 e. The van der Waals surface area contributed by atoms with Crippen molar-refractivity contribution in [1.82, 2.24) is 0 Å². The Morgan fingerprint density at radius 1 is 1.12 bits per heavy atom. The van der Waals surface area contributed by atoms with Gasteiger partial charge in [-0.15, -0.1) is 0 Å². The van der Waals surface area contributed by atoms with E-state index in [4.69, 9.17) is 19.7 Å². The van der Waals surface area contributed by atoms with Crippen LogP contribution in [0.2, 0.25) is 0 Å². The van der Waals surface area contributed by atoms with Crippen LogP contribution >= 0.6 is 0 Å². The predicted molar refractivity (Wildman–Crippen MR) is 60.9 cm³/mol. The van der Waals surface area contributed by atoms with Crippen molar-refractivity contribution in [3.05, 3.63) is 23.8 Å². The van der Waals surface area contributed by atoms with Gasteiger partial charge >= 0.3 is 0 Å². The van der Waals surface area contributed by atoms with E-state index >= 15 is 0 Å². The van der Waals surface area contributed by atoms with E-state index in [1.165, 1.54) is 0 Å². The van der Waals surface area contributed by atoms with Crippen LogP contribution in [-0.4, -0.2) is 37.6 Å². The van der Waals surface area contributed by atoms with Gasteiger partial charge < -0.3 is 19.7 Å². The van der Waals surface area contributed by atoms with Crippen LogP contribution < -0.4 is 9.47 Å². The highest BCUT2D eigenvalue weighted by atomic mass is 16.5. The molecule has 0 bridgehead atoms. The zero-order chi connectivity index (χ0) is 12.0. The molecule has 90 valence electrons. The molecular weight excluding hydrogens is 208 g/mol. The Bertz CT molecular complexity index is 321. The van der Waals surface area contributed by atoms with Gasteiger partial charge in [-0.1, -0.05) is 6.07 Å². The van der Waals surface area contributed by atoms with E-state index < -0.39 is 0 Å². The molecule has 16 heavy (non-hydrogen) atoms. The number of benzene rings is 1. The van der Waals surface area contributed by atoms with Crippen molar-refractivity contribution in [3.63, 3.8) is 0 Å². The van der Waals surface area contributed by atoms with Crippen LogP contribution in [0.3, 0.4) is 0 Å².